The Morgan fingerprint density at radius 3 is 2.69 bits per heavy atom. The van der Waals surface area contributed by atoms with Gasteiger partial charge in [-0.25, -0.2) is 9.97 Å². The van der Waals surface area contributed by atoms with Crippen LogP contribution >= 0.6 is 11.6 Å². The molecule has 0 spiro atoms. The van der Waals surface area contributed by atoms with Gasteiger partial charge in [0, 0.05) is 42.6 Å². The maximum absolute atomic E-state index is 13.2. The van der Waals surface area contributed by atoms with Gasteiger partial charge in [0.1, 0.15) is 0 Å². The summed E-state index contributed by atoms with van der Waals surface area (Å²) in [7, 11) is 1.63. The SMILES string of the molecule is Cn1cc(C(=O)N2CCCC2c2nc(N)ncc2-c2ccc(Cl)cc2)ccc1=O. The smallest absolute Gasteiger partial charge is 0.255 e. The zero-order valence-electron chi connectivity index (χ0n) is 15.9. The van der Waals surface area contributed by atoms with E-state index in [1.54, 1.807) is 42.5 Å². The number of nitrogens with zero attached hydrogens (tertiary/aromatic N) is 4. The fourth-order valence-corrected chi connectivity index (χ4v) is 3.82. The number of amides is 1. The molecular weight excluding hydrogens is 390 g/mol. The molecule has 0 saturated carbocycles. The lowest BCUT2D eigenvalue weighted by Gasteiger charge is -2.26. The van der Waals surface area contributed by atoms with Gasteiger partial charge in [-0.05, 0) is 36.6 Å². The topological polar surface area (TPSA) is 94.1 Å². The van der Waals surface area contributed by atoms with Crippen LogP contribution in [0.2, 0.25) is 5.02 Å². The molecule has 1 fully saturated rings. The molecule has 1 unspecified atom stereocenters. The molecule has 8 heteroatoms. The van der Waals surface area contributed by atoms with Crippen LogP contribution in [0.4, 0.5) is 5.95 Å². The van der Waals surface area contributed by atoms with Crippen molar-refractivity contribution in [1.29, 1.82) is 0 Å². The summed E-state index contributed by atoms with van der Waals surface area (Å²) in [5.41, 5.74) is 8.64. The Balaban J connectivity index is 1.74. The van der Waals surface area contributed by atoms with Crippen molar-refractivity contribution >= 4 is 23.5 Å². The first-order valence-corrected chi connectivity index (χ1v) is 9.68. The van der Waals surface area contributed by atoms with Crippen molar-refractivity contribution in [2.24, 2.45) is 7.05 Å². The lowest BCUT2D eigenvalue weighted by Crippen LogP contribution is -2.32. The van der Waals surface area contributed by atoms with E-state index in [4.69, 9.17) is 17.3 Å². The molecule has 2 N–H and O–H groups in total. The second-order valence-electron chi connectivity index (χ2n) is 7.06. The van der Waals surface area contributed by atoms with Gasteiger partial charge in [-0.15, -0.1) is 0 Å². The third-order valence-corrected chi connectivity index (χ3v) is 5.41. The number of aryl methyl sites for hydroxylation is 1. The van der Waals surface area contributed by atoms with E-state index < -0.39 is 0 Å². The van der Waals surface area contributed by atoms with E-state index in [0.717, 1.165) is 29.7 Å². The molecule has 1 aliphatic rings. The van der Waals surface area contributed by atoms with Crippen LogP contribution in [0.1, 0.15) is 34.9 Å². The lowest BCUT2D eigenvalue weighted by atomic mass is 9.99. The van der Waals surface area contributed by atoms with E-state index in [1.807, 2.05) is 12.1 Å². The number of hydrogen-bond acceptors (Lipinski definition) is 5. The third kappa shape index (κ3) is 3.73. The number of nitrogen functional groups attached to an aromatic ring is 1. The maximum atomic E-state index is 13.2. The second-order valence-corrected chi connectivity index (χ2v) is 7.49. The summed E-state index contributed by atoms with van der Waals surface area (Å²) in [6, 6.07) is 10.1. The highest BCUT2D eigenvalue weighted by Gasteiger charge is 2.33. The van der Waals surface area contributed by atoms with Crippen LogP contribution < -0.4 is 11.3 Å². The van der Waals surface area contributed by atoms with Crippen molar-refractivity contribution in [3.8, 4) is 11.1 Å². The van der Waals surface area contributed by atoms with Crippen molar-refractivity contribution in [2.45, 2.75) is 18.9 Å². The van der Waals surface area contributed by atoms with Gasteiger partial charge in [-0.1, -0.05) is 23.7 Å². The van der Waals surface area contributed by atoms with Crippen molar-refractivity contribution in [2.75, 3.05) is 12.3 Å². The van der Waals surface area contributed by atoms with Crippen LogP contribution in [-0.4, -0.2) is 31.9 Å². The average molecular weight is 410 g/mol. The summed E-state index contributed by atoms with van der Waals surface area (Å²) in [5.74, 6) is 0.0291. The molecule has 1 aliphatic heterocycles. The van der Waals surface area contributed by atoms with Gasteiger partial charge in [0.15, 0.2) is 0 Å². The van der Waals surface area contributed by atoms with Gasteiger partial charge in [0.05, 0.1) is 17.3 Å². The molecule has 2 aromatic heterocycles. The van der Waals surface area contributed by atoms with Gasteiger partial charge >= 0.3 is 0 Å². The van der Waals surface area contributed by atoms with Gasteiger partial charge in [0.2, 0.25) is 11.5 Å². The Bertz CT molecular complexity index is 1130. The number of aromatic nitrogens is 3. The Morgan fingerprint density at radius 1 is 1.21 bits per heavy atom. The number of anilines is 1. The van der Waals surface area contributed by atoms with Crippen molar-refractivity contribution < 1.29 is 4.79 Å². The molecule has 1 atom stereocenters. The number of pyridine rings is 1. The number of carbonyl (C=O) groups excluding carboxylic acids is 1. The quantitative estimate of drug-likeness (QED) is 0.717. The molecule has 3 heterocycles. The molecule has 1 aromatic carbocycles. The molecule has 0 bridgehead atoms. The number of halogens is 1. The van der Waals surface area contributed by atoms with Gasteiger partial charge in [-0.3, -0.25) is 9.59 Å². The molecular formula is C21H20ClN5O2. The first kappa shape index (κ1) is 19.1. The second kappa shape index (κ2) is 7.67. The average Bonchev–Trinajstić information content (AvgIpc) is 3.20. The number of rotatable bonds is 3. The van der Waals surface area contributed by atoms with Crippen molar-refractivity contribution in [3.63, 3.8) is 0 Å². The summed E-state index contributed by atoms with van der Waals surface area (Å²) in [5, 5.41) is 0.638. The predicted molar refractivity (Wildman–Crippen MR) is 112 cm³/mol. The summed E-state index contributed by atoms with van der Waals surface area (Å²) in [4.78, 5) is 35.3. The molecule has 0 aliphatic carbocycles. The van der Waals surface area contributed by atoms with Gasteiger partial charge in [-0.2, -0.15) is 0 Å². The van der Waals surface area contributed by atoms with Crippen LogP contribution in [0.3, 0.4) is 0 Å². The first-order chi connectivity index (χ1) is 13.9. The molecule has 3 aromatic rings. The van der Waals surface area contributed by atoms with Crippen LogP contribution in [0.5, 0.6) is 0 Å². The van der Waals surface area contributed by atoms with Gasteiger partial charge in [0.25, 0.3) is 5.91 Å². The summed E-state index contributed by atoms with van der Waals surface area (Å²) in [6.45, 7) is 0.607. The van der Waals surface area contributed by atoms with Crippen LogP contribution in [0.25, 0.3) is 11.1 Å². The van der Waals surface area contributed by atoms with Gasteiger partial charge < -0.3 is 15.2 Å². The molecule has 29 heavy (non-hydrogen) atoms. The highest BCUT2D eigenvalue weighted by Crippen LogP contribution is 2.37. The minimum Gasteiger partial charge on any atom is -0.368 e. The summed E-state index contributed by atoms with van der Waals surface area (Å²) >= 11 is 6.02. The van der Waals surface area contributed by atoms with E-state index in [-0.39, 0.29) is 23.5 Å². The van der Waals surface area contributed by atoms with E-state index in [1.165, 1.54) is 10.6 Å². The van der Waals surface area contributed by atoms with Crippen molar-refractivity contribution in [1.82, 2.24) is 19.4 Å². The lowest BCUT2D eigenvalue weighted by molar-refractivity contribution is 0.0732. The zero-order chi connectivity index (χ0) is 20.5. The molecule has 148 valence electrons. The first-order valence-electron chi connectivity index (χ1n) is 9.30. The Labute approximate surface area is 172 Å². The summed E-state index contributed by atoms with van der Waals surface area (Å²) in [6.07, 6.45) is 4.88. The molecule has 0 radical (unpaired) electrons. The van der Waals surface area contributed by atoms with E-state index in [2.05, 4.69) is 9.97 Å². The van der Waals surface area contributed by atoms with Crippen molar-refractivity contribution in [3.05, 3.63) is 75.4 Å². The fourth-order valence-electron chi connectivity index (χ4n) is 3.70. The Hall–Kier alpha value is -3.19. The molecule has 4 rings (SSSR count). The fraction of sp³-hybridized carbons (Fsp3) is 0.238. The number of likely N-dealkylation sites (tertiary alicyclic amines) is 1. The van der Waals surface area contributed by atoms with Crippen LogP contribution in [0.15, 0.2) is 53.6 Å². The minimum absolute atomic E-state index is 0.137. The molecule has 7 nitrogen and oxygen atoms in total. The number of carbonyl (C=O) groups is 1. The molecule has 1 saturated heterocycles. The van der Waals surface area contributed by atoms with Crippen LogP contribution in [-0.2, 0) is 7.05 Å². The normalized spacial score (nSPS) is 16.2. The van der Waals surface area contributed by atoms with E-state index in [0.29, 0.717) is 17.1 Å². The maximum Gasteiger partial charge on any atom is 0.255 e. The molecule has 1 amide bonds. The minimum atomic E-state index is -0.226. The Kier molecular flexibility index (Phi) is 5.07. The third-order valence-electron chi connectivity index (χ3n) is 5.15. The van der Waals surface area contributed by atoms with Crippen LogP contribution in [0, 0.1) is 0 Å². The predicted octanol–water partition coefficient (Wildman–Crippen LogP) is 3.06. The monoisotopic (exact) mass is 409 g/mol. The zero-order valence-corrected chi connectivity index (χ0v) is 16.6. The van der Waals surface area contributed by atoms with E-state index >= 15 is 0 Å². The standard InChI is InChI=1S/C21H20ClN5O2/c1-26-12-14(6-9-18(26)28)20(29)27-10-2-3-17(27)19-16(11-24-21(23)25-19)13-4-7-15(22)8-5-13/h4-9,11-12,17H,2-3,10H2,1H3,(H2,23,24,25). The number of benzene rings is 1. The Morgan fingerprint density at radius 2 is 1.97 bits per heavy atom. The summed E-state index contributed by atoms with van der Waals surface area (Å²) < 4.78 is 1.40. The number of nitrogens with two attached hydrogens (primary N) is 1. The van der Waals surface area contributed by atoms with E-state index in [9.17, 15) is 9.59 Å². The number of hydrogen-bond donors (Lipinski definition) is 1. The highest BCUT2D eigenvalue weighted by atomic mass is 35.5. The highest BCUT2D eigenvalue weighted by molar-refractivity contribution is 6.30. The largest absolute Gasteiger partial charge is 0.368 e.